The molecule has 19 heavy (non-hydrogen) atoms. The lowest BCUT2D eigenvalue weighted by Crippen LogP contribution is -2.28. The van der Waals surface area contributed by atoms with Gasteiger partial charge in [-0.2, -0.15) is 0 Å². The van der Waals surface area contributed by atoms with E-state index in [-0.39, 0.29) is 17.6 Å². The van der Waals surface area contributed by atoms with E-state index in [1.807, 2.05) is 51.4 Å². The number of aromatic nitrogens is 1. The van der Waals surface area contributed by atoms with Crippen LogP contribution in [0.15, 0.2) is 24.4 Å². The van der Waals surface area contributed by atoms with Crippen LogP contribution in [-0.4, -0.2) is 10.4 Å². The minimum absolute atomic E-state index is 0.145. The molecule has 0 saturated carbocycles. The Morgan fingerprint density at radius 1 is 1.32 bits per heavy atom. The van der Waals surface area contributed by atoms with Gasteiger partial charge in [-0.05, 0) is 37.6 Å². The minimum atomic E-state index is -0.404. The maximum atomic E-state index is 13.6. The molecule has 1 aromatic heterocycles. The highest BCUT2D eigenvalue weighted by Crippen LogP contribution is 2.28. The summed E-state index contributed by atoms with van der Waals surface area (Å²) in [7, 11) is 0. The maximum Gasteiger partial charge on any atom is 0.160 e. The van der Waals surface area contributed by atoms with Crippen LogP contribution in [0.5, 0.6) is 0 Å². The Kier molecular flexibility index (Phi) is 3.25. The molecule has 0 N–H and O–H groups in total. The molecule has 0 aliphatic heterocycles. The van der Waals surface area contributed by atoms with Gasteiger partial charge in [-0.3, -0.25) is 4.79 Å². The molecule has 1 heterocycles. The zero-order valence-electron chi connectivity index (χ0n) is 12.1. The molecule has 0 aliphatic carbocycles. The van der Waals surface area contributed by atoms with Crippen molar-refractivity contribution in [1.82, 2.24) is 4.57 Å². The van der Waals surface area contributed by atoms with Crippen molar-refractivity contribution in [3.63, 3.8) is 0 Å². The lowest BCUT2D eigenvalue weighted by Gasteiger charge is -2.23. The summed E-state index contributed by atoms with van der Waals surface area (Å²) in [6.45, 7) is 9.47. The van der Waals surface area contributed by atoms with Crippen molar-refractivity contribution in [3.05, 3.63) is 35.8 Å². The van der Waals surface area contributed by atoms with E-state index >= 15 is 0 Å². The lowest BCUT2D eigenvalue weighted by molar-refractivity contribution is -0.129. The van der Waals surface area contributed by atoms with Gasteiger partial charge in [-0.1, -0.05) is 20.8 Å². The van der Waals surface area contributed by atoms with E-state index in [9.17, 15) is 9.18 Å². The fourth-order valence-corrected chi connectivity index (χ4v) is 2.49. The van der Waals surface area contributed by atoms with Crippen molar-refractivity contribution in [1.29, 1.82) is 0 Å². The first kappa shape index (κ1) is 13.8. The van der Waals surface area contributed by atoms with Crippen LogP contribution < -0.4 is 0 Å². The normalized spacial score (nSPS) is 13.8. The van der Waals surface area contributed by atoms with Crippen molar-refractivity contribution < 1.29 is 9.18 Å². The van der Waals surface area contributed by atoms with E-state index in [2.05, 4.69) is 0 Å². The molecule has 2 aromatic rings. The van der Waals surface area contributed by atoms with E-state index in [1.54, 1.807) is 0 Å². The van der Waals surface area contributed by atoms with Crippen LogP contribution in [0.1, 0.15) is 39.3 Å². The largest absolute Gasteiger partial charge is 0.337 e. The summed E-state index contributed by atoms with van der Waals surface area (Å²) in [5.41, 5.74) is 1.27. The second-order valence-corrected chi connectivity index (χ2v) is 6.17. The predicted molar refractivity (Wildman–Crippen MR) is 75.8 cm³/mol. The number of ketones is 1. The Labute approximate surface area is 113 Å². The Morgan fingerprint density at radius 2 is 1.95 bits per heavy atom. The highest BCUT2D eigenvalue weighted by molar-refractivity contribution is 5.90. The van der Waals surface area contributed by atoms with Gasteiger partial charge in [0, 0.05) is 17.0 Å². The summed E-state index contributed by atoms with van der Waals surface area (Å²) in [5, 5.41) is 0.995. The highest BCUT2D eigenvalue weighted by atomic mass is 19.1. The summed E-state index contributed by atoms with van der Waals surface area (Å²) in [6, 6.07) is 4.66. The number of Topliss-reactive ketones (excluding diaryl/α,β-unsaturated/α-hetero) is 1. The van der Waals surface area contributed by atoms with Crippen LogP contribution in [0, 0.1) is 18.2 Å². The molecule has 1 unspecified atom stereocenters. The Morgan fingerprint density at radius 3 is 2.53 bits per heavy atom. The van der Waals surface area contributed by atoms with Crippen LogP contribution in [0.25, 0.3) is 10.9 Å². The van der Waals surface area contributed by atoms with Crippen LogP contribution in [-0.2, 0) is 4.79 Å². The number of aryl methyl sites for hydroxylation is 1. The van der Waals surface area contributed by atoms with E-state index in [4.69, 9.17) is 0 Å². The number of carbonyl (C=O) groups excluding carboxylic acids is 1. The van der Waals surface area contributed by atoms with Crippen molar-refractivity contribution in [3.8, 4) is 0 Å². The molecule has 3 heteroatoms. The Hall–Kier alpha value is -1.64. The SMILES string of the molecule is Cc1cc(F)cc2c1ccn2C(C)C(=O)C(C)(C)C. The number of rotatable bonds is 2. The number of halogens is 1. The van der Waals surface area contributed by atoms with Gasteiger partial charge >= 0.3 is 0 Å². The number of hydrogen-bond donors (Lipinski definition) is 0. The van der Waals surface area contributed by atoms with Gasteiger partial charge in [0.05, 0.1) is 11.6 Å². The van der Waals surface area contributed by atoms with Gasteiger partial charge in [0.15, 0.2) is 5.78 Å². The van der Waals surface area contributed by atoms with E-state index in [0.29, 0.717) is 0 Å². The number of hydrogen-bond acceptors (Lipinski definition) is 1. The Bertz CT molecular complexity index is 634. The highest BCUT2D eigenvalue weighted by Gasteiger charge is 2.28. The zero-order chi connectivity index (χ0) is 14.4. The van der Waals surface area contributed by atoms with Crippen LogP contribution in [0.4, 0.5) is 4.39 Å². The first-order valence-electron chi connectivity index (χ1n) is 6.53. The average Bonchev–Trinajstić information content (AvgIpc) is 2.69. The molecule has 2 rings (SSSR count). The van der Waals surface area contributed by atoms with Gasteiger partial charge in [-0.15, -0.1) is 0 Å². The van der Waals surface area contributed by atoms with Crippen molar-refractivity contribution >= 4 is 16.7 Å². The summed E-state index contributed by atoms with van der Waals surface area (Å²) >= 11 is 0. The molecule has 102 valence electrons. The van der Waals surface area contributed by atoms with Gasteiger partial charge in [-0.25, -0.2) is 4.39 Å². The van der Waals surface area contributed by atoms with Crippen molar-refractivity contribution in [2.75, 3.05) is 0 Å². The van der Waals surface area contributed by atoms with Crippen LogP contribution >= 0.6 is 0 Å². The van der Waals surface area contributed by atoms with Crippen molar-refractivity contribution in [2.24, 2.45) is 5.41 Å². The minimum Gasteiger partial charge on any atom is -0.337 e. The molecule has 0 saturated heterocycles. The summed E-state index contributed by atoms with van der Waals surface area (Å²) in [5.74, 6) is -0.118. The number of carbonyl (C=O) groups is 1. The molecule has 0 aliphatic rings. The molecule has 1 atom stereocenters. The third-order valence-electron chi connectivity index (χ3n) is 3.55. The quantitative estimate of drug-likeness (QED) is 0.791. The third kappa shape index (κ3) is 2.42. The number of fused-ring (bicyclic) bond motifs is 1. The fraction of sp³-hybridized carbons (Fsp3) is 0.438. The van der Waals surface area contributed by atoms with Gasteiger partial charge in [0.25, 0.3) is 0 Å². The zero-order valence-corrected chi connectivity index (χ0v) is 12.1. The topological polar surface area (TPSA) is 22.0 Å². The predicted octanol–water partition coefficient (Wildman–Crippen LogP) is 4.27. The molecule has 0 bridgehead atoms. The molecule has 0 spiro atoms. The number of benzene rings is 1. The summed E-state index contributed by atoms with van der Waals surface area (Å²) in [6.07, 6.45) is 1.87. The molecule has 1 aromatic carbocycles. The number of nitrogens with zero attached hydrogens (tertiary/aromatic N) is 1. The summed E-state index contributed by atoms with van der Waals surface area (Å²) in [4.78, 5) is 12.4. The molecule has 2 nitrogen and oxygen atoms in total. The maximum absolute atomic E-state index is 13.6. The average molecular weight is 261 g/mol. The third-order valence-corrected chi connectivity index (χ3v) is 3.55. The second kappa shape index (κ2) is 4.48. The fourth-order valence-electron chi connectivity index (χ4n) is 2.49. The van der Waals surface area contributed by atoms with Crippen LogP contribution in [0.2, 0.25) is 0 Å². The van der Waals surface area contributed by atoms with E-state index in [0.717, 1.165) is 16.5 Å². The van der Waals surface area contributed by atoms with E-state index < -0.39 is 5.41 Å². The standard InChI is InChI=1S/C16H20FNO/c1-10-8-12(17)9-14-13(10)6-7-18(14)11(2)15(19)16(3,4)5/h6-9,11H,1-5H3. The van der Waals surface area contributed by atoms with Gasteiger partial charge in [0.1, 0.15) is 5.82 Å². The Balaban J connectivity index is 2.55. The smallest absolute Gasteiger partial charge is 0.160 e. The first-order valence-corrected chi connectivity index (χ1v) is 6.53. The van der Waals surface area contributed by atoms with Gasteiger partial charge in [0.2, 0.25) is 0 Å². The lowest BCUT2D eigenvalue weighted by atomic mass is 9.87. The van der Waals surface area contributed by atoms with Crippen molar-refractivity contribution in [2.45, 2.75) is 40.7 Å². The monoisotopic (exact) mass is 261 g/mol. The molecule has 0 fully saturated rings. The summed E-state index contributed by atoms with van der Waals surface area (Å²) < 4.78 is 15.4. The van der Waals surface area contributed by atoms with Gasteiger partial charge < -0.3 is 4.57 Å². The second-order valence-electron chi connectivity index (χ2n) is 6.17. The first-order chi connectivity index (χ1) is 8.71. The van der Waals surface area contributed by atoms with E-state index in [1.165, 1.54) is 12.1 Å². The molecule has 0 amide bonds. The molecular formula is C16H20FNO. The molecule has 0 radical (unpaired) electrons. The molecular weight excluding hydrogens is 241 g/mol. The van der Waals surface area contributed by atoms with Crippen LogP contribution in [0.3, 0.4) is 0 Å².